The van der Waals surface area contributed by atoms with E-state index in [4.69, 9.17) is 5.11 Å². The van der Waals surface area contributed by atoms with Gasteiger partial charge in [0.2, 0.25) is 5.91 Å². The van der Waals surface area contributed by atoms with Crippen molar-refractivity contribution < 1.29 is 14.7 Å². The largest absolute Gasteiger partial charge is 0.481 e. The molecule has 0 unspecified atom stereocenters. The number of nitrogens with zero attached hydrogens (tertiary/aromatic N) is 2. The second-order valence-corrected chi connectivity index (χ2v) is 5.91. The number of aromatic nitrogens is 2. The lowest BCUT2D eigenvalue weighted by atomic mass is 10.2. The zero-order valence-corrected chi connectivity index (χ0v) is 12.9. The van der Waals surface area contributed by atoms with Crippen LogP contribution in [-0.4, -0.2) is 38.8 Å². The molecule has 0 saturated heterocycles. The van der Waals surface area contributed by atoms with Crippen LogP contribution in [0.15, 0.2) is 11.4 Å². The topological polar surface area (TPSA) is 84.2 Å². The van der Waals surface area contributed by atoms with Gasteiger partial charge in [0.1, 0.15) is 0 Å². The Bertz CT molecular complexity index is 471. The van der Waals surface area contributed by atoms with Crippen LogP contribution in [-0.2, 0) is 16.1 Å². The van der Waals surface area contributed by atoms with Crippen LogP contribution in [0.2, 0.25) is 0 Å². The minimum Gasteiger partial charge on any atom is -0.481 e. The smallest absolute Gasteiger partial charge is 0.313 e. The van der Waals surface area contributed by atoms with Crippen LogP contribution >= 0.6 is 11.8 Å². The van der Waals surface area contributed by atoms with Crippen LogP contribution < -0.4 is 5.32 Å². The first-order chi connectivity index (χ1) is 9.40. The number of carbonyl (C=O) groups is 2. The minimum absolute atomic E-state index is 0.000912. The number of nitrogens with one attached hydrogen (secondary N) is 1. The summed E-state index contributed by atoms with van der Waals surface area (Å²) in [7, 11) is 0. The fourth-order valence-electron chi connectivity index (χ4n) is 1.57. The van der Waals surface area contributed by atoms with Gasteiger partial charge in [0, 0.05) is 31.4 Å². The summed E-state index contributed by atoms with van der Waals surface area (Å²) in [5, 5.41) is 12.2. The highest BCUT2D eigenvalue weighted by atomic mass is 32.2. The Morgan fingerprint density at radius 2 is 2.20 bits per heavy atom. The van der Waals surface area contributed by atoms with E-state index in [2.05, 4.69) is 10.3 Å². The zero-order valence-electron chi connectivity index (χ0n) is 12.0. The van der Waals surface area contributed by atoms with Crippen LogP contribution in [0.1, 0.15) is 26.0 Å². The molecule has 1 aromatic heterocycles. The third kappa shape index (κ3) is 5.64. The van der Waals surface area contributed by atoms with Gasteiger partial charge in [-0.1, -0.05) is 25.6 Å². The van der Waals surface area contributed by atoms with Crippen molar-refractivity contribution in [2.75, 3.05) is 12.3 Å². The highest BCUT2D eigenvalue weighted by molar-refractivity contribution is 7.99. The van der Waals surface area contributed by atoms with E-state index in [0.29, 0.717) is 30.6 Å². The molecule has 0 aromatic carbocycles. The Balaban J connectivity index is 2.52. The molecule has 1 heterocycles. The normalized spacial score (nSPS) is 10.8. The van der Waals surface area contributed by atoms with E-state index in [0.717, 1.165) is 5.69 Å². The van der Waals surface area contributed by atoms with Crippen molar-refractivity contribution in [2.24, 2.45) is 5.92 Å². The van der Waals surface area contributed by atoms with Crippen molar-refractivity contribution in [3.63, 3.8) is 0 Å². The average Bonchev–Trinajstić information content (AvgIpc) is 2.72. The van der Waals surface area contributed by atoms with E-state index in [1.165, 1.54) is 11.8 Å². The Morgan fingerprint density at radius 1 is 1.50 bits per heavy atom. The van der Waals surface area contributed by atoms with Crippen LogP contribution in [0.5, 0.6) is 0 Å². The molecule has 2 N–H and O–H groups in total. The number of amides is 1. The maximum absolute atomic E-state index is 11.7. The lowest BCUT2D eigenvalue weighted by Crippen LogP contribution is -2.28. The molecule has 1 aromatic rings. The summed E-state index contributed by atoms with van der Waals surface area (Å²) in [6.07, 6.45) is 2.06. The van der Waals surface area contributed by atoms with Crippen molar-refractivity contribution in [3.05, 3.63) is 11.9 Å². The Labute approximate surface area is 123 Å². The number of hydrogen-bond donors (Lipinski definition) is 2. The standard InChI is InChI=1S/C13H21N3O3S/c1-9(2)6-14-11(17)4-5-16-10(3)7-15-13(16)20-8-12(18)19/h7,9H,4-6,8H2,1-3H3,(H,14,17)(H,18,19). The monoisotopic (exact) mass is 299 g/mol. The maximum atomic E-state index is 11.7. The van der Waals surface area contributed by atoms with Crippen molar-refractivity contribution in [2.45, 2.75) is 38.9 Å². The van der Waals surface area contributed by atoms with E-state index in [1.54, 1.807) is 6.20 Å². The summed E-state index contributed by atoms with van der Waals surface area (Å²) in [5.41, 5.74) is 0.926. The number of carboxylic acid groups (broad SMARTS) is 1. The molecule has 0 fully saturated rings. The molecule has 0 saturated carbocycles. The fourth-order valence-corrected chi connectivity index (χ4v) is 2.34. The third-order valence-electron chi connectivity index (χ3n) is 2.61. The number of aliphatic carboxylic acids is 1. The van der Waals surface area contributed by atoms with Gasteiger partial charge in [-0.2, -0.15) is 0 Å². The van der Waals surface area contributed by atoms with E-state index in [1.807, 2.05) is 25.3 Å². The maximum Gasteiger partial charge on any atom is 0.313 e. The van der Waals surface area contributed by atoms with Gasteiger partial charge in [-0.3, -0.25) is 9.59 Å². The predicted molar refractivity (Wildman–Crippen MR) is 77.8 cm³/mol. The lowest BCUT2D eigenvalue weighted by molar-refractivity contribution is -0.134. The first-order valence-corrected chi connectivity index (χ1v) is 7.52. The van der Waals surface area contributed by atoms with Crippen molar-refractivity contribution >= 4 is 23.6 Å². The first-order valence-electron chi connectivity index (χ1n) is 6.53. The van der Waals surface area contributed by atoms with Gasteiger partial charge in [0.15, 0.2) is 5.16 Å². The number of carbonyl (C=O) groups excluding carboxylic acids is 1. The number of aryl methyl sites for hydroxylation is 1. The number of imidazole rings is 1. The van der Waals surface area contributed by atoms with Crippen molar-refractivity contribution in [1.82, 2.24) is 14.9 Å². The lowest BCUT2D eigenvalue weighted by Gasteiger charge is -2.10. The molecule has 0 aliphatic heterocycles. The number of carboxylic acids is 1. The molecule has 7 heteroatoms. The second kappa shape index (κ2) is 7.94. The molecule has 20 heavy (non-hydrogen) atoms. The van der Waals surface area contributed by atoms with E-state index in [-0.39, 0.29) is 11.7 Å². The van der Waals surface area contributed by atoms with Gasteiger partial charge in [-0.05, 0) is 12.8 Å². The molecule has 6 nitrogen and oxygen atoms in total. The SMILES string of the molecule is Cc1cnc(SCC(=O)O)n1CCC(=O)NCC(C)C. The summed E-state index contributed by atoms with van der Waals surface area (Å²) in [6.45, 7) is 7.16. The Morgan fingerprint density at radius 3 is 2.80 bits per heavy atom. The third-order valence-corrected chi connectivity index (χ3v) is 3.59. The van der Waals surface area contributed by atoms with E-state index in [9.17, 15) is 9.59 Å². The summed E-state index contributed by atoms with van der Waals surface area (Å²) in [6, 6.07) is 0. The minimum atomic E-state index is -0.878. The number of thioether (sulfide) groups is 1. The van der Waals surface area contributed by atoms with Gasteiger partial charge < -0.3 is 15.0 Å². The van der Waals surface area contributed by atoms with Gasteiger partial charge in [-0.25, -0.2) is 4.98 Å². The number of hydrogen-bond acceptors (Lipinski definition) is 4. The molecule has 1 rings (SSSR count). The molecular weight excluding hydrogens is 278 g/mol. The molecule has 0 bridgehead atoms. The summed E-state index contributed by atoms with van der Waals surface area (Å²) in [4.78, 5) is 26.4. The van der Waals surface area contributed by atoms with E-state index < -0.39 is 5.97 Å². The van der Waals surface area contributed by atoms with Crippen LogP contribution in [0.3, 0.4) is 0 Å². The quantitative estimate of drug-likeness (QED) is 0.711. The van der Waals surface area contributed by atoms with Crippen LogP contribution in [0.25, 0.3) is 0 Å². The fraction of sp³-hybridized carbons (Fsp3) is 0.615. The zero-order chi connectivity index (χ0) is 15.1. The average molecular weight is 299 g/mol. The van der Waals surface area contributed by atoms with Crippen molar-refractivity contribution in [1.29, 1.82) is 0 Å². The van der Waals surface area contributed by atoms with Crippen LogP contribution in [0.4, 0.5) is 0 Å². The molecule has 112 valence electrons. The van der Waals surface area contributed by atoms with Crippen LogP contribution in [0, 0.1) is 12.8 Å². The second-order valence-electron chi connectivity index (χ2n) is 4.96. The molecule has 0 radical (unpaired) electrons. The molecule has 0 spiro atoms. The molecule has 0 aliphatic carbocycles. The molecule has 1 amide bonds. The summed E-state index contributed by atoms with van der Waals surface area (Å²) >= 11 is 1.17. The highest BCUT2D eigenvalue weighted by Crippen LogP contribution is 2.18. The van der Waals surface area contributed by atoms with Crippen molar-refractivity contribution in [3.8, 4) is 0 Å². The van der Waals surface area contributed by atoms with Gasteiger partial charge >= 0.3 is 5.97 Å². The predicted octanol–water partition coefficient (Wildman–Crippen LogP) is 1.53. The Hall–Kier alpha value is -1.50. The number of rotatable bonds is 8. The summed E-state index contributed by atoms with van der Waals surface area (Å²) in [5.74, 6) is -0.482. The van der Waals surface area contributed by atoms with Gasteiger partial charge in [-0.15, -0.1) is 0 Å². The van der Waals surface area contributed by atoms with Gasteiger partial charge in [0.25, 0.3) is 0 Å². The van der Waals surface area contributed by atoms with E-state index >= 15 is 0 Å². The molecule has 0 atom stereocenters. The molecular formula is C13H21N3O3S. The highest BCUT2D eigenvalue weighted by Gasteiger charge is 2.11. The van der Waals surface area contributed by atoms with Gasteiger partial charge in [0.05, 0.1) is 5.75 Å². The first kappa shape index (κ1) is 16.6. The molecule has 0 aliphatic rings. The summed E-state index contributed by atoms with van der Waals surface area (Å²) < 4.78 is 1.88. The Kier molecular flexibility index (Phi) is 6.57.